The Morgan fingerprint density at radius 1 is 1.23 bits per heavy atom. The molecule has 2 saturated heterocycles. The summed E-state index contributed by atoms with van der Waals surface area (Å²) in [6, 6.07) is 3.97. The van der Waals surface area contributed by atoms with Crippen molar-refractivity contribution in [3.63, 3.8) is 0 Å². The van der Waals surface area contributed by atoms with Gasteiger partial charge in [0, 0.05) is 49.8 Å². The molecule has 5 rings (SSSR count). The van der Waals surface area contributed by atoms with E-state index in [9.17, 15) is 23.6 Å². The summed E-state index contributed by atoms with van der Waals surface area (Å²) in [6.07, 6.45) is 7.02. The number of alkyl halides is 2. The Morgan fingerprint density at radius 2 is 1.94 bits per heavy atom. The summed E-state index contributed by atoms with van der Waals surface area (Å²) in [5.41, 5.74) is -0.556. The van der Waals surface area contributed by atoms with Gasteiger partial charge < -0.3 is 20.4 Å². The average molecular weight is 487 g/mol. The number of carbonyl (C=O) groups excluding carboxylic acids is 2. The second-order valence-electron chi connectivity index (χ2n) is 10.9. The second-order valence-corrected chi connectivity index (χ2v) is 10.9. The van der Waals surface area contributed by atoms with Gasteiger partial charge in [0.15, 0.2) is 0 Å². The lowest BCUT2D eigenvalue weighted by molar-refractivity contribution is -0.126. The van der Waals surface area contributed by atoms with Crippen LogP contribution in [0.1, 0.15) is 50.5 Å². The van der Waals surface area contributed by atoms with E-state index in [1.165, 1.54) is 25.2 Å². The van der Waals surface area contributed by atoms with E-state index in [-0.39, 0.29) is 5.41 Å². The molecule has 3 amide bonds. The van der Waals surface area contributed by atoms with Gasteiger partial charge in [-0.2, -0.15) is 5.26 Å². The molecule has 0 bridgehead atoms. The fourth-order valence-electron chi connectivity index (χ4n) is 5.36. The summed E-state index contributed by atoms with van der Waals surface area (Å²) in [4.78, 5) is 33.9. The van der Waals surface area contributed by atoms with Gasteiger partial charge in [0.2, 0.25) is 5.91 Å². The molecule has 188 valence electrons. The van der Waals surface area contributed by atoms with Crippen LogP contribution >= 0.6 is 0 Å². The third-order valence-electron chi connectivity index (χ3n) is 7.89. The predicted octanol–water partition coefficient (Wildman–Crippen LogP) is 2.46. The molecule has 10 heteroatoms. The number of hydrogen-bond acceptors (Lipinski definition) is 5. The van der Waals surface area contributed by atoms with Crippen molar-refractivity contribution in [1.82, 2.24) is 25.4 Å². The molecule has 1 spiro atoms. The highest BCUT2D eigenvalue weighted by Crippen LogP contribution is 2.43. The largest absolute Gasteiger partial charge is 0.336 e. The number of halogens is 2. The summed E-state index contributed by atoms with van der Waals surface area (Å²) in [7, 11) is 0. The molecule has 2 aliphatic heterocycles. The Balaban J connectivity index is 1.20. The zero-order valence-corrected chi connectivity index (χ0v) is 19.8. The molecule has 0 radical (unpaired) electrons. The highest BCUT2D eigenvalue weighted by molar-refractivity contribution is 5.88. The van der Waals surface area contributed by atoms with E-state index >= 15 is 0 Å². The molecule has 35 heavy (non-hydrogen) atoms. The molecule has 1 unspecified atom stereocenters. The van der Waals surface area contributed by atoms with Crippen molar-refractivity contribution in [2.75, 3.05) is 26.2 Å². The maximum Gasteiger partial charge on any atom is 0.318 e. The molecule has 1 aromatic rings. The van der Waals surface area contributed by atoms with Crippen molar-refractivity contribution in [3.8, 4) is 6.07 Å². The molecule has 2 saturated carbocycles. The Labute approximate surface area is 204 Å². The number of nitrogens with zero attached hydrogens (tertiary/aromatic N) is 4. The summed E-state index contributed by atoms with van der Waals surface area (Å²) in [6.45, 7) is 3.25. The average Bonchev–Trinajstić information content (AvgIpc) is 3.73. The fraction of sp³-hybridized carbons (Fsp3) is 0.680. The van der Waals surface area contributed by atoms with Crippen molar-refractivity contribution >= 4 is 11.9 Å². The standard InChI is InChI=1S/C25H32F2N6O2/c26-25(27,12-18-2-1-9-29-14-18)13-20(21(34)31-24(15-28)5-6-24)30-22(35)33-16-23(17-33)7-10-32(11-8-23)19-3-4-19/h1-2,9,14,19-20H,3-8,10-13,16-17H2,(H,30,35)(H,31,34). The zero-order valence-electron chi connectivity index (χ0n) is 19.8. The Morgan fingerprint density at radius 3 is 2.51 bits per heavy atom. The summed E-state index contributed by atoms with van der Waals surface area (Å²) in [5.74, 6) is -3.98. The number of rotatable bonds is 8. The smallest absolute Gasteiger partial charge is 0.318 e. The highest BCUT2D eigenvalue weighted by atomic mass is 19.3. The highest BCUT2D eigenvalue weighted by Gasteiger charge is 2.50. The molecule has 2 N–H and O–H groups in total. The van der Waals surface area contributed by atoms with Crippen LogP contribution in [0.5, 0.6) is 0 Å². The van der Waals surface area contributed by atoms with E-state index in [4.69, 9.17) is 0 Å². The van der Waals surface area contributed by atoms with Crippen LogP contribution in [0.25, 0.3) is 0 Å². The lowest BCUT2D eigenvalue weighted by atomic mass is 9.72. The number of nitriles is 1. The van der Waals surface area contributed by atoms with Gasteiger partial charge >= 0.3 is 6.03 Å². The number of likely N-dealkylation sites (tertiary alicyclic amines) is 2. The number of aromatic nitrogens is 1. The van der Waals surface area contributed by atoms with Gasteiger partial charge in [0.25, 0.3) is 5.92 Å². The number of pyridine rings is 1. The lowest BCUT2D eigenvalue weighted by Gasteiger charge is -2.54. The van der Waals surface area contributed by atoms with Gasteiger partial charge in [0.05, 0.1) is 6.07 Å². The molecule has 1 aromatic heterocycles. The van der Waals surface area contributed by atoms with E-state index in [1.807, 2.05) is 6.07 Å². The summed E-state index contributed by atoms with van der Waals surface area (Å²) < 4.78 is 29.9. The van der Waals surface area contributed by atoms with Gasteiger partial charge in [-0.3, -0.25) is 9.78 Å². The Kier molecular flexibility index (Phi) is 6.16. The minimum Gasteiger partial charge on any atom is -0.336 e. The van der Waals surface area contributed by atoms with Crippen molar-refractivity contribution in [1.29, 1.82) is 5.26 Å². The lowest BCUT2D eigenvalue weighted by Crippen LogP contribution is -2.65. The molecule has 3 heterocycles. The number of piperidine rings is 1. The SMILES string of the molecule is N#CC1(NC(=O)C(CC(F)(F)Cc2cccnc2)NC(=O)N2CC3(CCN(C4CC4)CC3)C2)CC1. The molecule has 4 aliphatic rings. The van der Waals surface area contributed by atoms with Gasteiger partial charge in [-0.1, -0.05) is 6.07 Å². The van der Waals surface area contributed by atoms with Crippen LogP contribution in [0, 0.1) is 16.7 Å². The first-order valence-corrected chi connectivity index (χ1v) is 12.5. The minimum absolute atomic E-state index is 0.101. The van der Waals surface area contributed by atoms with E-state index in [0.29, 0.717) is 31.5 Å². The predicted molar refractivity (Wildman–Crippen MR) is 123 cm³/mol. The van der Waals surface area contributed by atoms with Crippen LogP contribution in [0.3, 0.4) is 0 Å². The topological polar surface area (TPSA) is 101 Å². The monoisotopic (exact) mass is 486 g/mol. The van der Waals surface area contributed by atoms with Crippen molar-refractivity contribution in [2.45, 2.75) is 74.9 Å². The van der Waals surface area contributed by atoms with Crippen LogP contribution < -0.4 is 10.6 Å². The summed E-state index contributed by atoms with van der Waals surface area (Å²) >= 11 is 0. The second kappa shape index (κ2) is 9.01. The van der Waals surface area contributed by atoms with Crippen LogP contribution in [0.15, 0.2) is 24.5 Å². The number of hydrogen-bond donors (Lipinski definition) is 2. The van der Waals surface area contributed by atoms with Crippen molar-refractivity contribution in [3.05, 3.63) is 30.1 Å². The fourth-order valence-corrected chi connectivity index (χ4v) is 5.36. The maximum atomic E-state index is 14.9. The first-order valence-electron chi connectivity index (χ1n) is 12.5. The summed E-state index contributed by atoms with van der Waals surface area (Å²) in [5, 5.41) is 14.4. The number of nitrogens with one attached hydrogen (secondary N) is 2. The quantitative estimate of drug-likeness (QED) is 0.588. The minimum atomic E-state index is -3.24. The Bertz CT molecular complexity index is 989. The number of amides is 3. The van der Waals surface area contributed by atoms with Gasteiger partial charge in [-0.25, -0.2) is 13.6 Å². The molecular weight excluding hydrogens is 454 g/mol. The van der Waals surface area contributed by atoms with E-state index in [1.54, 1.807) is 17.0 Å². The molecule has 1 atom stereocenters. The molecule has 2 aliphatic carbocycles. The van der Waals surface area contributed by atoms with Crippen molar-refractivity contribution < 1.29 is 18.4 Å². The molecule has 4 fully saturated rings. The van der Waals surface area contributed by atoms with E-state index in [0.717, 1.165) is 32.0 Å². The molecule has 8 nitrogen and oxygen atoms in total. The number of urea groups is 1. The van der Waals surface area contributed by atoms with Crippen LogP contribution in [0.2, 0.25) is 0 Å². The first-order chi connectivity index (χ1) is 16.7. The first kappa shape index (κ1) is 23.9. The third kappa shape index (κ3) is 5.56. The van der Waals surface area contributed by atoms with Crippen LogP contribution in [0.4, 0.5) is 13.6 Å². The Hall–Kier alpha value is -2.80. The maximum absolute atomic E-state index is 14.9. The van der Waals surface area contributed by atoms with E-state index in [2.05, 4.69) is 20.5 Å². The zero-order chi connectivity index (χ0) is 24.7. The van der Waals surface area contributed by atoms with Gasteiger partial charge in [0.1, 0.15) is 11.6 Å². The van der Waals surface area contributed by atoms with Gasteiger partial charge in [-0.05, 0) is 63.2 Å². The van der Waals surface area contributed by atoms with Crippen molar-refractivity contribution in [2.24, 2.45) is 5.41 Å². The van der Waals surface area contributed by atoms with Crippen LogP contribution in [-0.4, -0.2) is 76.4 Å². The molecular formula is C25H32F2N6O2. The molecule has 0 aromatic carbocycles. The third-order valence-corrected chi connectivity index (χ3v) is 7.89. The normalized spacial score (nSPS) is 23.6. The van der Waals surface area contributed by atoms with Crippen LogP contribution in [-0.2, 0) is 11.2 Å². The number of carbonyl (C=O) groups is 2. The van der Waals surface area contributed by atoms with Gasteiger partial charge in [-0.15, -0.1) is 0 Å². The van der Waals surface area contributed by atoms with E-state index < -0.39 is 42.3 Å².